The maximum Gasteiger partial charge on any atom is 0.233 e. The Morgan fingerprint density at radius 3 is 2.83 bits per heavy atom. The summed E-state index contributed by atoms with van der Waals surface area (Å²) in [6, 6.07) is 16.1. The van der Waals surface area contributed by atoms with E-state index >= 15 is 0 Å². The van der Waals surface area contributed by atoms with Crippen molar-refractivity contribution in [2.75, 3.05) is 24.2 Å². The molecule has 150 valence electrons. The lowest BCUT2D eigenvalue weighted by atomic mass is 10.00. The van der Waals surface area contributed by atoms with Crippen molar-refractivity contribution in [2.24, 2.45) is 0 Å². The molecular formula is C21H22N4O2S2. The summed E-state index contributed by atoms with van der Waals surface area (Å²) < 4.78 is 6.40. The third kappa shape index (κ3) is 4.89. The van der Waals surface area contributed by atoms with E-state index < -0.39 is 0 Å². The second-order valence-corrected chi connectivity index (χ2v) is 8.75. The summed E-state index contributed by atoms with van der Waals surface area (Å²) in [5.41, 5.74) is 3.44. The molecule has 0 aliphatic carbocycles. The lowest BCUT2D eigenvalue weighted by Crippen LogP contribution is -2.37. The molecule has 2 aromatic carbocycles. The maximum atomic E-state index is 12.6. The first-order chi connectivity index (χ1) is 14.2. The minimum absolute atomic E-state index is 0.135. The minimum Gasteiger partial charge on any atom is -0.492 e. The van der Waals surface area contributed by atoms with E-state index in [-0.39, 0.29) is 5.91 Å². The molecule has 1 N–H and O–H groups in total. The number of carbonyl (C=O) groups is 1. The molecule has 2 heterocycles. The molecule has 1 aliphatic heterocycles. The molecule has 0 fully saturated rings. The molecule has 1 aromatic heterocycles. The number of hydrogen-bond acceptors (Lipinski definition) is 7. The van der Waals surface area contributed by atoms with Crippen molar-refractivity contribution in [1.29, 1.82) is 0 Å². The van der Waals surface area contributed by atoms with E-state index in [1.165, 1.54) is 34.2 Å². The molecule has 3 aromatic rings. The van der Waals surface area contributed by atoms with E-state index in [0.717, 1.165) is 28.7 Å². The second-order valence-electron chi connectivity index (χ2n) is 6.55. The summed E-state index contributed by atoms with van der Waals surface area (Å²) in [5.74, 6) is 1.28. The molecule has 0 saturated heterocycles. The fraction of sp³-hybridized carbons (Fsp3) is 0.286. The number of benzene rings is 2. The molecule has 1 amide bonds. The number of anilines is 2. The summed E-state index contributed by atoms with van der Waals surface area (Å²) in [7, 11) is 0. The van der Waals surface area contributed by atoms with Gasteiger partial charge >= 0.3 is 0 Å². The third-order valence-corrected chi connectivity index (χ3v) is 6.59. The summed E-state index contributed by atoms with van der Waals surface area (Å²) in [4.78, 5) is 14.5. The van der Waals surface area contributed by atoms with Gasteiger partial charge in [-0.15, -0.1) is 10.2 Å². The number of aromatic nitrogens is 2. The van der Waals surface area contributed by atoms with Gasteiger partial charge in [-0.3, -0.25) is 4.79 Å². The SMILES string of the molecule is CCOc1ccccc1Nc1nnc(SCC(=O)N2CCc3ccccc3C2)s1. The van der Waals surface area contributed by atoms with Gasteiger partial charge in [0.2, 0.25) is 11.0 Å². The van der Waals surface area contributed by atoms with Gasteiger partial charge in [-0.1, -0.05) is 59.5 Å². The number of para-hydroxylation sites is 2. The van der Waals surface area contributed by atoms with E-state index in [1.807, 2.05) is 42.2 Å². The standard InChI is InChI=1S/C21H22N4O2S2/c1-2-27-18-10-6-5-9-17(18)22-20-23-24-21(29-20)28-14-19(26)25-12-11-15-7-3-4-8-16(15)13-25/h3-10H,2,11-14H2,1H3,(H,22,23). The Hall–Kier alpha value is -2.58. The van der Waals surface area contributed by atoms with Crippen molar-refractivity contribution >= 4 is 39.8 Å². The highest BCUT2D eigenvalue weighted by atomic mass is 32.2. The molecule has 4 rings (SSSR count). The van der Waals surface area contributed by atoms with Crippen molar-refractivity contribution in [3.63, 3.8) is 0 Å². The van der Waals surface area contributed by atoms with E-state index in [2.05, 4.69) is 33.7 Å². The summed E-state index contributed by atoms with van der Waals surface area (Å²) >= 11 is 2.87. The number of carbonyl (C=O) groups excluding carboxylic acids is 1. The molecule has 6 nitrogen and oxygen atoms in total. The van der Waals surface area contributed by atoms with Crippen molar-refractivity contribution in [3.05, 3.63) is 59.7 Å². The number of nitrogens with zero attached hydrogens (tertiary/aromatic N) is 3. The molecule has 0 bridgehead atoms. The first-order valence-electron chi connectivity index (χ1n) is 9.52. The van der Waals surface area contributed by atoms with Crippen molar-refractivity contribution in [2.45, 2.75) is 24.2 Å². The number of fused-ring (bicyclic) bond motifs is 1. The van der Waals surface area contributed by atoms with Crippen LogP contribution in [0, 0.1) is 0 Å². The topological polar surface area (TPSA) is 67.3 Å². The molecule has 1 aliphatic rings. The molecule has 0 unspecified atom stereocenters. The van der Waals surface area contributed by atoms with Crippen LogP contribution in [0.2, 0.25) is 0 Å². The largest absolute Gasteiger partial charge is 0.492 e. The molecule has 0 spiro atoms. The quantitative estimate of drug-likeness (QED) is 0.566. The van der Waals surface area contributed by atoms with Crippen LogP contribution in [0.4, 0.5) is 10.8 Å². The van der Waals surface area contributed by atoms with E-state index in [4.69, 9.17) is 4.74 Å². The smallest absolute Gasteiger partial charge is 0.233 e. The second kappa shape index (κ2) is 9.28. The number of thioether (sulfide) groups is 1. The number of amides is 1. The van der Waals surface area contributed by atoms with Gasteiger partial charge in [-0.05, 0) is 36.6 Å². The monoisotopic (exact) mass is 426 g/mol. The van der Waals surface area contributed by atoms with Crippen molar-refractivity contribution in [1.82, 2.24) is 15.1 Å². The third-order valence-electron chi connectivity index (χ3n) is 4.64. The van der Waals surface area contributed by atoms with Gasteiger partial charge in [-0.25, -0.2) is 0 Å². The Morgan fingerprint density at radius 1 is 1.17 bits per heavy atom. The lowest BCUT2D eigenvalue weighted by Gasteiger charge is -2.28. The predicted molar refractivity (Wildman–Crippen MR) is 117 cm³/mol. The maximum absolute atomic E-state index is 12.6. The Balaban J connectivity index is 1.32. The zero-order chi connectivity index (χ0) is 20.1. The molecular weight excluding hydrogens is 404 g/mol. The molecule has 29 heavy (non-hydrogen) atoms. The van der Waals surface area contributed by atoms with Crippen molar-refractivity contribution in [3.8, 4) is 5.75 Å². The van der Waals surface area contributed by atoms with Crippen LogP contribution in [-0.2, 0) is 17.8 Å². The summed E-state index contributed by atoms with van der Waals surface area (Å²) in [6.45, 7) is 4.01. The fourth-order valence-electron chi connectivity index (χ4n) is 3.21. The average molecular weight is 427 g/mol. The minimum atomic E-state index is 0.135. The van der Waals surface area contributed by atoms with Crippen LogP contribution in [0.3, 0.4) is 0 Å². The molecule has 8 heteroatoms. The van der Waals surface area contributed by atoms with Gasteiger partial charge in [-0.2, -0.15) is 0 Å². The number of hydrogen-bond donors (Lipinski definition) is 1. The fourth-order valence-corrected chi connectivity index (χ4v) is 4.88. The van der Waals surface area contributed by atoms with Gasteiger partial charge in [0, 0.05) is 13.1 Å². The van der Waals surface area contributed by atoms with Gasteiger partial charge in [0.05, 0.1) is 18.0 Å². The van der Waals surface area contributed by atoms with Crippen LogP contribution in [0.5, 0.6) is 5.75 Å². The Bertz CT molecular complexity index is 992. The first kappa shape index (κ1) is 19.7. The predicted octanol–water partition coefficient (Wildman–Crippen LogP) is 4.36. The first-order valence-corrected chi connectivity index (χ1v) is 11.3. The zero-order valence-electron chi connectivity index (χ0n) is 16.1. The van der Waals surface area contributed by atoms with Crippen molar-refractivity contribution < 1.29 is 9.53 Å². The van der Waals surface area contributed by atoms with Crippen LogP contribution in [0.15, 0.2) is 52.9 Å². The number of nitrogens with one attached hydrogen (secondary N) is 1. The van der Waals surface area contributed by atoms with Gasteiger partial charge in [0.15, 0.2) is 4.34 Å². The van der Waals surface area contributed by atoms with E-state index in [9.17, 15) is 4.79 Å². The Kier molecular flexibility index (Phi) is 6.31. The lowest BCUT2D eigenvalue weighted by molar-refractivity contribution is -0.129. The average Bonchev–Trinajstić information content (AvgIpc) is 3.20. The highest BCUT2D eigenvalue weighted by Crippen LogP contribution is 2.32. The van der Waals surface area contributed by atoms with Gasteiger partial charge < -0.3 is 15.0 Å². The highest BCUT2D eigenvalue weighted by Gasteiger charge is 2.21. The summed E-state index contributed by atoms with van der Waals surface area (Å²) in [5, 5.41) is 12.3. The van der Waals surface area contributed by atoms with Crippen LogP contribution in [0.1, 0.15) is 18.1 Å². The van der Waals surface area contributed by atoms with Crippen LogP contribution in [0.25, 0.3) is 0 Å². The Labute approximate surface area is 178 Å². The zero-order valence-corrected chi connectivity index (χ0v) is 17.8. The van der Waals surface area contributed by atoms with E-state index in [0.29, 0.717) is 24.0 Å². The molecule has 0 saturated carbocycles. The van der Waals surface area contributed by atoms with Crippen LogP contribution < -0.4 is 10.1 Å². The summed E-state index contributed by atoms with van der Waals surface area (Å²) in [6.07, 6.45) is 0.915. The Morgan fingerprint density at radius 2 is 1.97 bits per heavy atom. The van der Waals surface area contributed by atoms with Gasteiger partial charge in [0.1, 0.15) is 5.75 Å². The normalized spacial score (nSPS) is 13.1. The van der Waals surface area contributed by atoms with Crippen LogP contribution in [-0.4, -0.2) is 39.9 Å². The van der Waals surface area contributed by atoms with E-state index in [1.54, 1.807) is 0 Å². The molecule has 0 radical (unpaired) electrons. The van der Waals surface area contributed by atoms with Gasteiger partial charge in [0.25, 0.3) is 0 Å². The number of ether oxygens (including phenoxy) is 1. The molecule has 0 atom stereocenters. The highest BCUT2D eigenvalue weighted by molar-refractivity contribution is 8.01. The number of rotatable bonds is 7. The van der Waals surface area contributed by atoms with Crippen LogP contribution >= 0.6 is 23.1 Å².